The van der Waals surface area contributed by atoms with Gasteiger partial charge in [-0.25, -0.2) is 9.79 Å². The number of para-hydroxylation sites is 1. The summed E-state index contributed by atoms with van der Waals surface area (Å²) in [6.07, 6.45) is 1.83. The molecule has 2 heterocycles. The Hall–Kier alpha value is -3.75. The quantitative estimate of drug-likeness (QED) is 0.280. The number of fused-ring (bicyclic) bond motifs is 1. The van der Waals surface area contributed by atoms with E-state index in [0.29, 0.717) is 33.0 Å². The molecule has 0 unspecified atom stereocenters. The standard InChI is InChI=1S/C30H25BrN2O4S/c1-3-36-29(35)26-19(2)32-30-33(27(26)21-13-15-23(31)16-14-21)28(34)25(38-30)17-22-11-7-8-12-24(22)37-18-20-9-5-4-6-10-20/h4-17,27H,3,18H2,1-2H3/b25-17-/t27-/m0/s1. The van der Waals surface area contributed by atoms with E-state index in [4.69, 9.17) is 9.47 Å². The highest BCUT2D eigenvalue weighted by Gasteiger charge is 2.33. The van der Waals surface area contributed by atoms with Gasteiger partial charge in [-0.2, -0.15) is 0 Å². The number of carbonyl (C=O) groups is 1. The molecule has 1 aromatic heterocycles. The predicted octanol–water partition coefficient (Wildman–Crippen LogP) is 5.14. The molecule has 38 heavy (non-hydrogen) atoms. The van der Waals surface area contributed by atoms with Crippen molar-refractivity contribution in [3.8, 4) is 5.75 Å². The highest BCUT2D eigenvalue weighted by Crippen LogP contribution is 2.31. The monoisotopic (exact) mass is 588 g/mol. The Bertz CT molecular complexity index is 1690. The van der Waals surface area contributed by atoms with Crippen LogP contribution in [0.25, 0.3) is 6.08 Å². The Morgan fingerprint density at radius 2 is 1.76 bits per heavy atom. The molecule has 3 aromatic carbocycles. The Morgan fingerprint density at radius 3 is 2.50 bits per heavy atom. The molecule has 192 valence electrons. The number of thiazole rings is 1. The average molecular weight is 590 g/mol. The molecule has 6 nitrogen and oxygen atoms in total. The van der Waals surface area contributed by atoms with E-state index in [1.54, 1.807) is 18.4 Å². The normalized spacial score (nSPS) is 15.1. The van der Waals surface area contributed by atoms with Gasteiger partial charge in [0.1, 0.15) is 12.4 Å². The number of esters is 1. The molecular weight excluding hydrogens is 564 g/mol. The molecule has 0 aliphatic carbocycles. The summed E-state index contributed by atoms with van der Waals surface area (Å²) in [7, 11) is 0. The van der Waals surface area contributed by atoms with Crippen LogP contribution in [0.4, 0.5) is 0 Å². The second-order valence-electron chi connectivity index (χ2n) is 8.67. The minimum Gasteiger partial charge on any atom is -0.488 e. The van der Waals surface area contributed by atoms with Crippen molar-refractivity contribution < 1.29 is 14.3 Å². The van der Waals surface area contributed by atoms with Crippen LogP contribution in [0.5, 0.6) is 5.75 Å². The zero-order valence-corrected chi connectivity index (χ0v) is 23.3. The topological polar surface area (TPSA) is 69.9 Å². The van der Waals surface area contributed by atoms with Crippen LogP contribution in [0.3, 0.4) is 0 Å². The minimum atomic E-state index is -0.648. The maximum atomic E-state index is 13.8. The predicted molar refractivity (Wildman–Crippen MR) is 152 cm³/mol. The molecule has 0 fully saturated rings. The summed E-state index contributed by atoms with van der Waals surface area (Å²) in [5.74, 6) is 0.200. The van der Waals surface area contributed by atoms with Gasteiger partial charge in [0.15, 0.2) is 4.80 Å². The van der Waals surface area contributed by atoms with Crippen molar-refractivity contribution in [3.05, 3.63) is 131 Å². The Morgan fingerprint density at radius 1 is 1.05 bits per heavy atom. The molecule has 0 saturated carbocycles. The summed E-state index contributed by atoms with van der Waals surface area (Å²) in [5.41, 5.74) is 3.31. The third-order valence-corrected chi connectivity index (χ3v) is 7.66. The van der Waals surface area contributed by atoms with Gasteiger partial charge in [0.2, 0.25) is 0 Å². The van der Waals surface area contributed by atoms with Gasteiger partial charge in [0.25, 0.3) is 5.56 Å². The van der Waals surface area contributed by atoms with E-state index in [1.807, 2.05) is 84.9 Å². The number of ether oxygens (including phenoxy) is 2. The zero-order chi connectivity index (χ0) is 26.6. The van der Waals surface area contributed by atoms with Crippen molar-refractivity contribution >= 4 is 39.3 Å². The third-order valence-electron chi connectivity index (χ3n) is 6.15. The molecule has 1 atom stereocenters. The van der Waals surface area contributed by atoms with Crippen LogP contribution < -0.4 is 19.6 Å². The molecule has 0 bridgehead atoms. The fraction of sp³-hybridized carbons (Fsp3) is 0.167. The van der Waals surface area contributed by atoms with Crippen molar-refractivity contribution in [1.29, 1.82) is 0 Å². The smallest absolute Gasteiger partial charge is 0.338 e. The maximum Gasteiger partial charge on any atom is 0.338 e. The lowest BCUT2D eigenvalue weighted by atomic mass is 9.96. The van der Waals surface area contributed by atoms with Crippen LogP contribution >= 0.6 is 27.3 Å². The van der Waals surface area contributed by atoms with E-state index in [-0.39, 0.29) is 12.2 Å². The number of hydrogen-bond donors (Lipinski definition) is 0. The van der Waals surface area contributed by atoms with Gasteiger partial charge < -0.3 is 9.47 Å². The largest absolute Gasteiger partial charge is 0.488 e. The van der Waals surface area contributed by atoms with Gasteiger partial charge in [-0.1, -0.05) is 87.9 Å². The average Bonchev–Trinajstić information content (AvgIpc) is 3.22. The maximum absolute atomic E-state index is 13.8. The number of rotatable bonds is 7. The molecule has 1 aliphatic heterocycles. The lowest BCUT2D eigenvalue weighted by Crippen LogP contribution is -2.39. The van der Waals surface area contributed by atoms with Crippen LogP contribution in [0.1, 0.15) is 36.6 Å². The summed E-state index contributed by atoms with van der Waals surface area (Å²) in [6, 6.07) is 24.5. The van der Waals surface area contributed by atoms with Crippen molar-refractivity contribution in [3.63, 3.8) is 0 Å². The Labute approximate surface area is 232 Å². The summed E-state index contributed by atoms with van der Waals surface area (Å²) < 4.78 is 14.5. The fourth-order valence-electron chi connectivity index (χ4n) is 4.36. The highest BCUT2D eigenvalue weighted by molar-refractivity contribution is 9.10. The summed E-state index contributed by atoms with van der Waals surface area (Å²) in [6.45, 7) is 4.18. The molecule has 8 heteroatoms. The molecule has 0 N–H and O–H groups in total. The van der Waals surface area contributed by atoms with Crippen molar-refractivity contribution in [2.75, 3.05) is 6.61 Å². The first-order valence-electron chi connectivity index (χ1n) is 12.2. The van der Waals surface area contributed by atoms with Gasteiger partial charge >= 0.3 is 5.97 Å². The molecule has 0 amide bonds. The first kappa shape index (κ1) is 25.9. The first-order valence-corrected chi connectivity index (χ1v) is 13.8. The van der Waals surface area contributed by atoms with Gasteiger partial charge in [-0.05, 0) is 49.2 Å². The number of aromatic nitrogens is 1. The van der Waals surface area contributed by atoms with E-state index < -0.39 is 12.0 Å². The van der Waals surface area contributed by atoms with E-state index in [1.165, 1.54) is 11.3 Å². The number of halogens is 1. The molecule has 5 rings (SSSR count). The first-order chi connectivity index (χ1) is 18.5. The van der Waals surface area contributed by atoms with E-state index in [2.05, 4.69) is 20.9 Å². The molecular formula is C30H25BrN2O4S. The number of nitrogens with zero attached hydrogens (tertiary/aromatic N) is 2. The molecule has 4 aromatic rings. The summed E-state index contributed by atoms with van der Waals surface area (Å²) >= 11 is 4.76. The van der Waals surface area contributed by atoms with Crippen LogP contribution in [0.15, 0.2) is 104 Å². The summed E-state index contributed by atoms with van der Waals surface area (Å²) in [5, 5.41) is 0. The van der Waals surface area contributed by atoms with Gasteiger partial charge in [0, 0.05) is 10.0 Å². The molecule has 0 saturated heterocycles. The van der Waals surface area contributed by atoms with Crippen molar-refractivity contribution in [2.45, 2.75) is 26.5 Å². The SMILES string of the molecule is CCOC(=O)C1=C(C)N=c2s/c(=C\c3ccccc3OCc3ccccc3)c(=O)n2[C@H]1c1ccc(Br)cc1. The summed E-state index contributed by atoms with van der Waals surface area (Å²) in [4.78, 5) is 32.1. The molecule has 0 spiro atoms. The minimum absolute atomic E-state index is 0.228. The molecule has 0 radical (unpaired) electrons. The second-order valence-corrected chi connectivity index (χ2v) is 10.6. The van der Waals surface area contributed by atoms with Gasteiger partial charge in [-0.15, -0.1) is 0 Å². The van der Waals surface area contributed by atoms with E-state index in [0.717, 1.165) is 21.2 Å². The van der Waals surface area contributed by atoms with Crippen LogP contribution in [-0.4, -0.2) is 17.1 Å². The molecule has 1 aliphatic rings. The third kappa shape index (κ3) is 5.28. The Kier molecular flexibility index (Phi) is 7.72. The van der Waals surface area contributed by atoms with Gasteiger partial charge in [0.05, 0.1) is 28.5 Å². The zero-order valence-electron chi connectivity index (χ0n) is 20.9. The Balaban J connectivity index is 1.61. The second kappa shape index (κ2) is 11.3. The number of carbonyl (C=O) groups excluding carboxylic acids is 1. The fourth-order valence-corrected chi connectivity index (χ4v) is 5.66. The van der Waals surface area contributed by atoms with E-state index >= 15 is 0 Å². The van der Waals surface area contributed by atoms with Crippen LogP contribution in [-0.2, 0) is 16.1 Å². The van der Waals surface area contributed by atoms with Crippen LogP contribution in [0.2, 0.25) is 0 Å². The van der Waals surface area contributed by atoms with Crippen LogP contribution in [0, 0.1) is 0 Å². The van der Waals surface area contributed by atoms with Crippen molar-refractivity contribution in [1.82, 2.24) is 4.57 Å². The lowest BCUT2D eigenvalue weighted by Gasteiger charge is -2.24. The number of hydrogen-bond acceptors (Lipinski definition) is 6. The lowest BCUT2D eigenvalue weighted by molar-refractivity contribution is -0.139. The number of allylic oxidation sites excluding steroid dienone is 1. The van der Waals surface area contributed by atoms with Crippen molar-refractivity contribution in [2.24, 2.45) is 4.99 Å². The number of benzene rings is 3. The highest BCUT2D eigenvalue weighted by atomic mass is 79.9. The van der Waals surface area contributed by atoms with E-state index in [9.17, 15) is 9.59 Å². The van der Waals surface area contributed by atoms with Gasteiger partial charge in [-0.3, -0.25) is 9.36 Å².